The molecule has 2 aromatic rings. The second-order valence-electron chi connectivity index (χ2n) is 5.73. The summed E-state index contributed by atoms with van der Waals surface area (Å²) in [5, 5.41) is 4.74. The van der Waals surface area contributed by atoms with Gasteiger partial charge in [0.25, 0.3) is 0 Å². The van der Waals surface area contributed by atoms with Crippen molar-refractivity contribution in [2.24, 2.45) is 0 Å². The largest absolute Gasteiger partial charge is 0.299 e. The quantitative estimate of drug-likeness (QED) is 0.850. The summed E-state index contributed by atoms with van der Waals surface area (Å²) in [6.07, 6.45) is 4.06. The molecular weight excluding hydrogens is 246 g/mol. The van der Waals surface area contributed by atoms with Gasteiger partial charge in [0.2, 0.25) is 0 Å². The van der Waals surface area contributed by atoms with Gasteiger partial charge >= 0.3 is 0 Å². The van der Waals surface area contributed by atoms with E-state index in [4.69, 9.17) is 5.10 Å². The number of likely N-dealkylation sites (tertiary alicyclic amines) is 1. The third-order valence-electron chi connectivity index (χ3n) is 4.27. The van der Waals surface area contributed by atoms with Crippen LogP contribution in [0.3, 0.4) is 0 Å². The Morgan fingerprint density at radius 3 is 2.40 bits per heavy atom. The molecule has 1 aromatic carbocycles. The van der Waals surface area contributed by atoms with Crippen molar-refractivity contribution in [3.05, 3.63) is 47.3 Å². The van der Waals surface area contributed by atoms with Gasteiger partial charge in [0, 0.05) is 17.8 Å². The lowest BCUT2D eigenvalue weighted by atomic mass is 10.1. The maximum atomic E-state index is 4.74. The van der Waals surface area contributed by atoms with Crippen LogP contribution in [0.4, 0.5) is 0 Å². The normalized spacial score (nSPS) is 16.5. The zero-order valence-corrected chi connectivity index (χ0v) is 12.5. The predicted molar refractivity (Wildman–Crippen MR) is 82.2 cm³/mol. The Morgan fingerprint density at radius 1 is 1.00 bits per heavy atom. The molecule has 1 fully saturated rings. The highest BCUT2D eigenvalue weighted by Gasteiger charge is 2.17. The SMILES string of the molecule is Cc1nn(-c2ccccc2)c(C)c1CN1CCCCC1. The van der Waals surface area contributed by atoms with Crippen LogP contribution in [0.25, 0.3) is 5.69 Å². The Kier molecular flexibility index (Phi) is 3.88. The van der Waals surface area contributed by atoms with Gasteiger partial charge in [-0.1, -0.05) is 24.6 Å². The summed E-state index contributed by atoms with van der Waals surface area (Å²) in [5.41, 5.74) is 4.99. The van der Waals surface area contributed by atoms with Crippen LogP contribution >= 0.6 is 0 Å². The molecule has 0 N–H and O–H groups in total. The molecule has 0 unspecified atom stereocenters. The van der Waals surface area contributed by atoms with E-state index < -0.39 is 0 Å². The molecule has 0 spiro atoms. The standard InChI is InChI=1S/C17H23N3/c1-14-17(13-19-11-7-4-8-12-19)15(2)20(18-14)16-9-5-3-6-10-16/h3,5-6,9-10H,4,7-8,11-13H2,1-2H3. The van der Waals surface area contributed by atoms with Crippen LogP contribution in [-0.2, 0) is 6.54 Å². The molecule has 0 saturated carbocycles. The molecule has 3 rings (SSSR count). The summed E-state index contributed by atoms with van der Waals surface area (Å²) in [6.45, 7) is 7.83. The summed E-state index contributed by atoms with van der Waals surface area (Å²) in [5.74, 6) is 0. The minimum atomic E-state index is 1.05. The van der Waals surface area contributed by atoms with Crippen LogP contribution in [0.1, 0.15) is 36.2 Å². The fourth-order valence-electron chi connectivity index (χ4n) is 3.07. The first-order valence-electron chi connectivity index (χ1n) is 7.58. The van der Waals surface area contributed by atoms with Gasteiger partial charge in [-0.25, -0.2) is 4.68 Å². The summed E-state index contributed by atoms with van der Waals surface area (Å²) in [4.78, 5) is 2.57. The Labute approximate surface area is 121 Å². The molecular formula is C17H23N3. The fourth-order valence-corrected chi connectivity index (χ4v) is 3.07. The zero-order chi connectivity index (χ0) is 13.9. The average Bonchev–Trinajstić information content (AvgIpc) is 2.77. The van der Waals surface area contributed by atoms with Crippen molar-refractivity contribution in [1.29, 1.82) is 0 Å². The monoisotopic (exact) mass is 269 g/mol. The first-order chi connectivity index (χ1) is 9.75. The molecule has 106 valence electrons. The van der Waals surface area contributed by atoms with Gasteiger partial charge in [-0.05, 0) is 51.9 Å². The zero-order valence-electron chi connectivity index (χ0n) is 12.5. The highest BCUT2D eigenvalue weighted by atomic mass is 15.3. The van der Waals surface area contributed by atoms with Gasteiger partial charge in [-0.2, -0.15) is 5.10 Å². The van der Waals surface area contributed by atoms with E-state index in [-0.39, 0.29) is 0 Å². The van der Waals surface area contributed by atoms with E-state index in [0.29, 0.717) is 0 Å². The molecule has 1 aromatic heterocycles. The third kappa shape index (κ3) is 2.63. The molecule has 3 heteroatoms. The lowest BCUT2D eigenvalue weighted by Gasteiger charge is -2.26. The summed E-state index contributed by atoms with van der Waals surface area (Å²) in [7, 11) is 0. The maximum Gasteiger partial charge on any atom is 0.0648 e. The number of aromatic nitrogens is 2. The number of hydrogen-bond acceptors (Lipinski definition) is 2. The number of nitrogens with zero attached hydrogens (tertiary/aromatic N) is 3. The van der Waals surface area contributed by atoms with E-state index in [1.165, 1.54) is 43.6 Å². The van der Waals surface area contributed by atoms with Gasteiger partial charge < -0.3 is 0 Å². The molecule has 0 aliphatic carbocycles. The Balaban J connectivity index is 1.87. The molecule has 2 heterocycles. The van der Waals surface area contributed by atoms with Gasteiger partial charge in [0.1, 0.15) is 0 Å². The summed E-state index contributed by atoms with van der Waals surface area (Å²) in [6, 6.07) is 10.4. The van der Waals surface area contributed by atoms with Crippen molar-refractivity contribution in [3.63, 3.8) is 0 Å². The molecule has 1 aliphatic heterocycles. The molecule has 20 heavy (non-hydrogen) atoms. The van der Waals surface area contributed by atoms with Gasteiger partial charge in [-0.15, -0.1) is 0 Å². The van der Waals surface area contributed by atoms with E-state index in [0.717, 1.165) is 17.9 Å². The number of para-hydroxylation sites is 1. The molecule has 0 radical (unpaired) electrons. The number of benzene rings is 1. The van der Waals surface area contributed by atoms with E-state index in [9.17, 15) is 0 Å². The summed E-state index contributed by atoms with van der Waals surface area (Å²) < 4.78 is 2.08. The van der Waals surface area contributed by atoms with Crippen molar-refractivity contribution in [1.82, 2.24) is 14.7 Å². The maximum absolute atomic E-state index is 4.74. The Hall–Kier alpha value is -1.61. The van der Waals surface area contributed by atoms with Crippen LogP contribution in [0, 0.1) is 13.8 Å². The predicted octanol–water partition coefficient (Wildman–Crippen LogP) is 3.48. The fraction of sp³-hybridized carbons (Fsp3) is 0.471. The number of piperidine rings is 1. The molecule has 1 aliphatic rings. The van der Waals surface area contributed by atoms with Crippen molar-refractivity contribution in [2.75, 3.05) is 13.1 Å². The number of hydrogen-bond donors (Lipinski definition) is 0. The Bertz CT molecular complexity index is 565. The van der Waals surface area contributed by atoms with Crippen LogP contribution < -0.4 is 0 Å². The number of aryl methyl sites for hydroxylation is 1. The highest BCUT2D eigenvalue weighted by Crippen LogP contribution is 2.21. The van der Waals surface area contributed by atoms with E-state index in [2.05, 4.69) is 47.7 Å². The van der Waals surface area contributed by atoms with Crippen molar-refractivity contribution < 1.29 is 0 Å². The Morgan fingerprint density at radius 2 is 1.70 bits per heavy atom. The van der Waals surface area contributed by atoms with Crippen LogP contribution in [-0.4, -0.2) is 27.8 Å². The van der Waals surface area contributed by atoms with Crippen LogP contribution in [0.5, 0.6) is 0 Å². The van der Waals surface area contributed by atoms with Crippen molar-refractivity contribution in [3.8, 4) is 5.69 Å². The van der Waals surface area contributed by atoms with Crippen molar-refractivity contribution in [2.45, 2.75) is 39.7 Å². The van der Waals surface area contributed by atoms with Crippen LogP contribution in [0.15, 0.2) is 30.3 Å². The highest BCUT2D eigenvalue weighted by molar-refractivity contribution is 5.36. The average molecular weight is 269 g/mol. The van der Waals surface area contributed by atoms with Gasteiger partial charge in [0.15, 0.2) is 0 Å². The van der Waals surface area contributed by atoms with E-state index in [1.807, 2.05) is 6.07 Å². The third-order valence-corrected chi connectivity index (χ3v) is 4.27. The smallest absolute Gasteiger partial charge is 0.0648 e. The summed E-state index contributed by atoms with van der Waals surface area (Å²) >= 11 is 0. The molecule has 0 amide bonds. The van der Waals surface area contributed by atoms with Gasteiger partial charge in [-0.3, -0.25) is 4.90 Å². The topological polar surface area (TPSA) is 21.1 Å². The first-order valence-corrected chi connectivity index (χ1v) is 7.58. The second kappa shape index (κ2) is 5.80. The molecule has 1 saturated heterocycles. The van der Waals surface area contributed by atoms with E-state index >= 15 is 0 Å². The second-order valence-corrected chi connectivity index (χ2v) is 5.73. The van der Waals surface area contributed by atoms with Gasteiger partial charge in [0.05, 0.1) is 11.4 Å². The molecule has 3 nitrogen and oxygen atoms in total. The first kappa shape index (κ1) is 13.4. The lowest BCUT2D eigenvalue weighted by molar-refractivity contribution is 0.220. The molecule has 0 bridgehead atoms. The van der Waals surface area contributed by atoms with E-state index in [1.54, 1.807) is 0 Å². The molecule has 0 atom stereocenters. The minimum absolute atomic E-state index is 1.05. The van der Waals surface area contributed by atoms with Crippen molar-refractivity contribution >= 4 is 0 Å². The lowest BCUT2D eigenvalue weighted by Crippen LogP contribution is -2.29. The number of rotatable bonds is 3. The minimum Gasteiger partial charge on any atom is -0.299 e. The van der Waals surface area contributed by atoms with Crippen LogP contribution in [0.2, 0.25) is 0 Å².